The van der Waals surface area contributed by atoms with E-state index in [1.165, 1.54) is 0 Å². The summed E-state index contributed by atoms with van der Waals surface area (Å²) in [6.07, 6.45) is 3.31. The van der Waals surface area contributed by atoms with E-state index in [-0.39, 0.29) is 17.9 Å². The maximum Gasteiger partial charge on any atom is 0.308 e. The molecular formula is C16H19NO3. The normalized spacial score (nSPS) is 31.2. The van der Waals surface area contributed by atoms with E-state index >= 15 is 0 Å². The molecule has 1 aromatic carbocycles. The third-order valence-corrected chi connectivity index (χ3v) is 4.74. The Hall–Kier alpha value is -1.84. The second kappa shape index (κ2) is 5.27. The van der Waals surface area contributed by atoms with Crippen LogP contribution in [0, 0.1) is 17.8 Å². The Morgan fingerprint density at radius 3 is 2.55 bits per heavy atom. The smallest absolute Gasteiger partial charge is 0.308 e. The largest absolute Gasteiger partial charge is 0.481 e. The van der Waals surface area contributed by atoms with Crippen molar-refractivity contribution in [2.24, 2.45) is 17.8 Å². The molecule has 4 unspecified atom stereocenters. The maximum atomic E-state index is 12.1. The number of hydrogen-bond acceptors (Lipinski definition) is 2. The first-order chi connectivity index (χ1) is 9.65. The number of nitrogens with one attached hydrogen (secondary N) is 1. The molecule has 3 rings (SSSR count). The van der Waals surface area contributed by atoms with E-state index in [9.17, 15) is 14.7 Å². The molecule has 20 heavy (non-hydrogen) atoms. The lowest BCUT2D eigenvalue weighted by Gasteiger charge is -2.28. The molecule has 2 saturated carbocycles. The van der Waals surface area contributed by atoms with Gasteiger partial charge in [0.15, 0.2) is 0 Å². The van der Waals surface area contributed by atoms with E-state index in [1.807, 2.05) is 30.3 Å². The lowest BCUT2D eigenvalue weighted by atomic mass is 9.84. The van der Waals surface area contributed by atoms with E-state index in [2.05, 4.69) is 5.32 Å². The Morgan fingerprint density at radius 1 is 1.15 bits per heavy atom. The number of hydrogen-bond donors (Lipinski definition) is 2. The number of rotatable bonds is 4. The van der Waals surface area contributed by atoms with Gasteiger partial charge in [0.1, 0.15) is 0 Å². The van der Waals surface area contributed by atoms with Crippen molar-refractivity contribution < 1.29 is 14.7 Å². The Kier molecular flexibility index (Phi) is 3.47. The van der Waals surface area contributed by atoms with Crippen LogP contribution in [0.2, 0.25) is 0 Å². The highest BCUT2D eigenvalue weighted by molar-refractivity contribution is 5.80. The van der Waals surface area contributed by atoms with Gasteiger partial charge in [-0.15, -0.1) is 0 Å². The molecule has 2 fully saturated rings. The first kappa shape index (κ1) is 13.2. The summed E-state index contributed by atoms with van der Waals surface area (Å²) >= 11 is 0. The molecule has 2 N–H and O–H groups in total. The molecule has 1 amide bonds. The Balaban J connectivity index is 1.65. The number of fused-ring (bicyclic) bond motifs is 2. The van der Waals surface area contributed by atoms with Crippen LogP contribution in [0.1, 0.15) is 24.8 Å². The van der Waals surface area contributed by atoms with Gasteiger partial charge in [-0.3, -0.25) is 9.59 Å². The fraction of sp³-hybridized carbons (Fsp3) is 0.500. The van der Waals surface area contributed by atoms with Crippen molar-refractivity contribution in [3.63, 3.8) is 0 Å². The van der Waals surface area contributed by atoms with Gasteiger partial charge in [0.05, 0.1) is 12.3 Å². The van der Waals surface area contributed by atoms with Crippen LogP contribution in [0.15, 0.2) is 30.3 Å². The number of aliphatic carboxylic acids is 1. The van der Waals surface area contributed by atoms with Gasteiger partial charge in [-0.1, -0.05) is 30.3 Å². The predicted octanol–water partition coefficient (Wildman–Crippen LogP) is 1.84. The zero-order valence-electron chi connectivity index (χ0n) is 11.3. The monoisotopic (exact) mass is 273 g/mol. The summed E-state index contributed by atoms with van der Waals surface area (Å²) in [4.78, 5) is 23.5. The van der Waals surface area contributed by atoms with Gasteiger partial charge in [0.2, 0.25) is 5.91 Å². The van der Waals surface area contributed by atoms with Crippen LogP contribution in [0.3, 0.4) is 0 Å². The third-order valence-electron chi connectivity index (χ3n) is 4.74. The molecule has 4 nitrogen and oxygen atoms in total. The Morgan fingerprint density at radius 2 is 1.85 bits per heavy atom. The van der Waals surface area contributed by atoms with Gasteiger partial charge in [-0.25, -0.2) is 0 Å². The van der Waals surface area contributed by atoms with Crippen molar-refractivity contribution in [1.82, 2.24) is 5.32 Å². The first-order valence-corrected chi connectivity index (χ1v) is 7.21. The Bertz CT molecular complexity index is 514. The quantitative estimate of drug-likeness (QED) is 0.879. The van der Waals surface area contributed by atoms with Gasteiger partial charge in [0, 0.05) is 6.04 Å². The molecule has 106 valence electrons. The van der Waals surface area contributed by atoms with Crippen LogP contribution in [-0.2, 0) is 16.0 Å². The minimum Gasteiger partial charge on any atom is -0.481 e. The highest BCUT2D eigenvalue weighted by atomic mass is 16.4. The van der Waals surface area contributed by atoms with Gasteiger partial charge < -0.3 is 10.4 Å². The Labute approximate surface area is 118 Å². The number of carbonyl (C=O) groups is 2. The third kappa shape index (κ3) is 2.42. The molecule has 0 aromatic heterocycles. The molecule has 1 aromatic rings. The van der Waals surface area contributed by atoms with Crippen molar-refractivity contribution in [3.8, 4) is 0 Å². The number of benzene rings is 1. The zero-order valence-corrected chi connectivity index (χ0v) is 11.3. The standard InChI is InChI=1S/C16H19NO3/c18-13(8-10-4-2-1-3-5-10)17-15-12-7-6-11(9-12)14(15)16(19)20/h1-5,11-12,14-15H,6-9H2,(H,17,18)(H,19,20). The highest BCUT2D eigenvalue weighted by Crippen LogP contribution is 2.48. The molecule has 0 saturated heterocycles. The van der Waals surface area contributed by atoms with E-state index in [4.69, 9.17) is 0 Å². The van der Waals surface area contributed by atoms with Crippen LogP contribution >= 0.6 is 0 Å². The molecule has 2 aliphatic rings. The summed E-state index contributed by atoms with van der Waals surface area (Å²) in [5.41, 5.74) is 0.958. The summed E-state index contributed by atoms with van der Waals surface area (Å²) in [5, 5.41) is 12.3. The van der Waals surface area contributed by atoms with E-state index in [0.717, 1.165) is 24.8 Å². The first-order valence-electron chi connectivity index (χ1n) is 7.21. The average molecular weight is 273 g/mol. The van der Waals surface area contributed by atoms with Crippen molar-refractivity contribution in [3.05, 3.63) is 35.9 Å². The summed E-state index contributed by atoms with van der Waals surface area (Å²) < 4.78 is 0. The molecule has 0 heterocycles. The van der Waals surface area contributed by atoms with E-state index in [1.54, 1.807) is 0 Å². The number of carboxylic acid groups (broad SMARTS) is 1. The molecule has 0 spiro atoms. The zero-order chi connectivity index (χ0) is 14.1. The molecule has 0 radical (unpaired) electrons. The summed E-state index contributed by atoms with van der Waals surface area (Å²) in [6.45, 7) is 0. The number of carboxylic acids is 1. The molecule has 0 aliphatic heterocycles. The van der Waals surface area contributed by atoms with Crippen molar-refractivity contribution >= 4 is 11.9 Å². The van der Waals surface area contributed by atoms with Crippen molar-refractivity contribution in [2.75, 3.05) is 0 Å². The highest BCUT2D eigenvalue weighted by Gasteiger charge is 2.51. The minimum atomic E-state index is -0.762. The van der Waals surface area contributed by atoms with Gasteiger partial charge >= 0.3 is 5.97 Å². The van der Waals surface area contributed by atoms with Crippen LogP contribution in [0.5, 0.6) is 0 Å². The summed E-state index contributed by atoms with van der Waals surface area (Å²) in [7, 11) is 0. The van der Waals surface area contributed by atoms with Gasteiger partial charge in [-0.05, 0) is 36.7 Å². The van der Waals surface area contributed by atoms with Gasteiger partial charge in [0.25, 0.3) is 0 Å². The molecular weight excluding hydrogens is 254 g/mol. The molecule has 2 aliphatic carbocycles. The fourth-order valence-electron chi connectivity index (χ4n) is 3.87. The van der Waals surface area contributed by atoms with Crippen LogP contribution in [0.25, 0.3) is 0 Å². The van der Waals surface area contributed by atoms with Gasteiger partial charge in [-0.2, -0.15) is 0 Å². The molecule has 4 atom stereocenters. The predicted molar refractivity (Wildman–Crippen MR) is 74.0 cm³/mol. The molecule has 4 heteroatoms. The summed E-state index contributed by atoms with van der Waals surface area (Å²) in [5.74, 6) is -0.629. The lowest BCUT2D eigenvalue weighted by molar-refractivity contribution is -0.144. The summed E-state index contributed by atoms with van der Waals surface area (Å²) in [6, 6.07) is 9.37. The molecule has 2 bridgehead atoms. The topological polar surface area (TPSA) is 66.4 Å². The van der Waals surface area contributed by atoms with Crippen LogP contribution in [-0.4, -0.2) is 23.0 Å². The van der Waals surface area contributed by atoms with E-state index in [0.29, 0.717) is 12.3 Å². The maximum absolute atomic E-state index is 12.1. The second-order valence-electron chi connectivity index (χ2n) is 5.95. The SMILES string of the molecule is O=C(Cc1ccccc1)NC1C2CCC(C2)C1C(=O)O. The van der Waals surface area contributed by atoms with Crippen LogP contribution < -0.4 is 5.32 Å². The average Bonchev–Trinajstić information content (AvgIpc) is 3.00. The number of amides is 1. The van der Waals surface area contributed by atoms with Crippen molar-refractivity contribution in [1.29, 1.82) is 0 Å². The fourth-order valence-corrected chi connectivity index (χ4v) is 3.87. The minimum absolute atomic E-state index is 0.0694. The van der Waals surface area contributed by atoms with E-state index < -0.39 is 11.9 Å². The van der Waals surface area contributed by atoms with Crippen LogP contribution in [0.4, 0.5) is 0 Å². The lowest BCUT2D eigenvalue weighted by Crippen LogP contribution is -2.47. The second-order valence-corrected chi connectivity index (χ2v) is 5.95. The van der Waals surface area contributed by atoms with Crippen molar-refractivity contribution in [2.45, 2.75) is 31.7 Å². The number of carbonyl (C=O) groups excluding carboxylic acids is 1.